The van der Waals surface area contributed by atoms with Crippen LogP contribution in [-0.4, -0.2) is 16.6 Å². The fourth-order valence-electron chi connectivity index (χ4n) is 4.77. The van der Waals surface area contributed by atoms with Crippen LogP contribution in [0.1, 0.15) is 79.3 Å². The largest absolute Gasteiger partial charge is 0.317 e. The van der Waals surface area contributed by atoms with Gasteiger partial charge < -0.3 is 5.32 Å². The van der Waals surface area contributed by atoms with Gasteiger partial charge in [0.15, 0.2) is 0 Å². The van der Waals surface area contributed by atoms with Crippen LogP contribution in [0, 0.1) is 34.0 Å². The van der Waals surface area contributed by atoms with Gasteiger partial charge in [-0.25, -0.2) is 4.98 Å². The van der Waals surface area contributed by atoms with Gasteiger partial charge in [-0.05, 0) is 73.5 Å². The van der Waals surface area contributed by atoms with Crippen LogP contribution in [-0.2, 0) is 30.5 Å². The average Bonchev–Trinajstić information content (AvgIpc) is 3.13. The second kappa shape index (κ2) is 9.87. The Morgan fingerprint density at radius 2 is 2.03 bits per heavy atom. The Morgan fingerprint density at radius 3 is 2.76 bits per heavy atom. The van der Waals surface area contributed by atoms with Gasteiger partial charge in [0, 0.05) is 22.7 Å². The number of aryl methyl sites for hydroxylation is 2. The van der Waals surface area contributed by atoms with E-state index in [4.69, 9.17) is 4.98 Å². The van der Waals surface area contributed by atoms with E-state index in [0.717, 1.165) is 61.2 Å². The zero-order chi connectivity index (χ0) is 23.6. The van der Waals surface area contributed by atoms with Crippen molar-refractivity contribution in [3.05, 3.63) is 38.9 Å². The Morgan fingerprint density at radius 1 is 1.24 bits per heavy atom. The van der Waals surface area contributed by atoms with Gasteiger partial charge in [0.2, 0.25) is 5.91 Å². The normalized spacial score (nSPS) is 17.4. The molecule has 172 valence electrons. The Balaban J connectivity index is 1.39. The molecule has 0 radical (unpaired) electrons. The molecule has 1 amide bonds. The topological polar surface area (TPSA) is 89.6 Å². The molecular weight excluding hydrogens is 448 g/mol. The molecule has 0 aliphatic heterocycles. The number of aromatic nitrogens is 1. The summed E-state index contributed by atoms with van der Waals surface area (Å²) >= 11 is 3.04. The highest BCUT2D eigenvalue weighted by molar-refractivity contribution is 7.99. The second-order valence-corrected chi connectivity index (χ2v) is 12.2. The molecule has 1 N–H and O–H groups in total. The summed E-state index contributed by atoms with van der Waals surface area (Å²) in [5.74, 6) is 1.04. The minimum Gasteiger partial charge on any atom is -0.317 e. The first kappa shape index (κ1) is 23.8. The lowest BCUT2D eigenvalue weighted by Crippen LogP contribution is -2.26. The van der Waals surface area contributed by atoms with Crippen LogP contribution in [0.3, 0.4) is 0 Å². The van der Waals surface area contributed by atoms with Crippen molar-refractivity contribution >= 4 is 34.0 Å². The molecule has 0 aromatic carbocycles. The number of anilines is 1. The predicted molar refractivity (Wildman–Crippen MR) is 134 cm³/mol. The molecule has 2 heterocycles. The smallest absolute Gasteiger partial charge is 0.225 e. The maximum Gasteiger partial charge on any atom is 0.225 e. The van der Waals surface area contributed by atoms with Crippen molar-refractivity contribution in [2.24, 2.45) is 11.3 Å². The van der Waals surface area contributed by atoms with Crippen molar-refractivity contribution in [3.63, 3.8) is 0 Å². The number of thiophene rings is 1. The van der Waals surface area contributed by atoms with Gasteiger partial charge in [-0.1, -0.05) is 20.8 Å². The maximum absolute atomic E-state index is 12.7. The Bertz CT molecular complexity index is 1150. The van der Waals surface area contributed by atoms with Crippen molar-refractivity contribution in [2.45, 2.75) is 77.2 Å². The number of hydrogen-bond acceptors (Lipinski definition) is 6. The third-order valence-electron chi connectivity index (χ3n) is 6.81. The van der Waals surface area contributed by atoms with Crippen molar-refractivity contribution in [1.29, 1.82) is 10.5 Å². The number of pyridine rings is 1. The molecule has 0 bridgehead atoms. The summed E-state index contributed by atoms with van der Waals surface area (Å²) in [6.45, 7) is 6.82. The molecule has 33 heavy (non-hydrogen) atoms. The lowest BCUT2D eigenvalue weighted by molar-refractivity contribution is -0.115. The standard InChI is InChI=1S/C26H30N4OS2/c1-26(2,3)18-8-9-19-20(15-28)25(33-22(19)13-18)30-23(31)10-11-32-24-17(14-27)12-16-6-4-5-7-21(16)29-24/h12,18H,4-11,13H2,1-3H3,(H,30,31). The van der Waals surface area contributed by atoms with E-state index in [1.54, 1.807) is 11.3 Å². The van der Waals surface area contributed by atoms with Gasteiger partial charge in [-0.2, -0.15) is 10.5 Å². The van der Waals surface area contributed by atoms with Gasteiger partial charge in [-0.3, -0.25) is 4.79 Å². The third-order valence-corrected chi connectivity index (χ3v) is 8.97. The number of carbonyl (C=O) groups is 1. The van der Waals surface area contributed by atoms with E-state index < -0.39 is 0 Å². The van der Waals surface area contributed by atoms with Crippen molar-refractivity contribution in [3.8, 4) is 12.1 Å². The molecule has 4 rings (SSSR count). The highest BCUT2D eigenvalue weighted by atomic mass is 32.2. The van der Waals surface area contributed by atoms with E-state index in [1.807, 2.05) is 6.07 Å². The molecule has 2 aromatic rings. The number of fused-ring (bicyclic) bond motifs is 2. The van der Waals surface area contributed by atoms with Crippen LogP contribution < -0.4 is 5.32 Å². The van der Waals surface area contributed by atoms with Gasteiger partial charge in [0.05, 0.1) is 11.1 Å². The number of hydrogen-bond donors (Lipinski definition) is 1. The Labute approximate surface area is 204 Å². The number of amides is 1. The van der Waals surface area contributed by atoms with Crippen LogP contribution in [0.2, 0.25) is 0 Å². The first-order valence-corrected chi connectivity index (χ1v) is 13.5. The molecule has 1 unspecified atom stereocenters. The molecule has 0 spiro atoms. The van der Waals surface area contributed by atoms with Crippen molar-refractivity contribution < 1.29 is 4.79 Å². The summed E-state index contributed by atoms with van der Waals surface area (Å²) in [6.07, 6.45) is 7.53. The van der Waals surface area contributed by atoms with Crippen LogP contribution in [0.15, 0.2) is 11.1 Å². The zero-order valence-electron chi connectivity index (χ0n) is 19.6. The van der Waals surface area contributed by atoms with Crippen molar-refractivity contribution in [2.75, 3.05) is 11.1 Å². The number of thioether (sulfide) groups is 1. The SMILES string of the molecule is CC(C)(C)C1CCc2c(sc(NC(=O)CCSc3nc4c(cc3C#N)CCCC4)c2C#N)C1. The number of nitriles is 2. The molecule has 0 saturated heterocycles. The molecule has 7 heteroatoms. The monoisotopic (exact) mass is 478 g/mol. The number of nitrogens with zero attached hydrogens (tertiary/aromatic N) is 3. The minimum atomic E-state index is -0.0959. The van der Waals surface area contributed by atoms with E-state index in [2.05, 4.69) is 38.2 Å². The van der Waals surface area contributed by atoms with E-state index >= 15 is 0 Å². The second-order valence-electron chi connectivity index (χ2n) is 10.0. The first-order valence-electron chi connectivity index (χ1n) is 11.7. The molecule has 0 fully saturated rings. The molecule has 0 saturated carbocycles. The van der Waals surface area contributed by atoms with Crippen LogP contribution >= 0.6 is 23.1 Å². The summed E-state index contributed by atoms with van der Waals surface area (Å²) in [5.41, 5.74) is 4.91. The van der Waals surface area contributed by atoms with Crippen LogP contribution in [0.25, 0.3) is 0 Å². The molecule has 2 aromatic heterocycles. The fraction of sp³-hybridized carbons (Fsp3) is 0.538. The van der Waals surface area contributed by atoms with Gasteiger partial charge in [-0.15, -0.1) is 23.1 Å². The predicted octanol–water partition coefficient (Wildman–Crippen LogP) is 6.04. The van der Waals surface area contributed by atoms with E-state index in [0.29, 0.717) is 34.2 Å². The lowest BCUT2D eigenvalue weighted by atomic mass is 9.72. The summed E-state index contributed by atoms with van der Waals surface area (Å²) in [4.78, 5) is 18.7. The van der Waals surface area contributed by atoms with Crippen LogP contribution in [0.5, 0.6) is 0 Å². The van der Waals surface area contributed by atoms with Crippen LogP contribution in [0.4, 0.5) is 5.00 Å². The van der Waals surface area contributed by atoms with Gasteiger partial charge >= 0.3 is 0 Å². The summed E-state index contributed by atoms with van der Waals surface area (Å²) < 4.78 is 0. The lowest BCUT2D eigenvalue weighted by Gasteiger charge is -2.33. The van der Waals surface area contributed by atoms with E-state index in [1.165, 1.54) is 22.2 Å². The molecule has 1 atom stereocenters. The highest BCUT2D eigenvalue weighted by Crippen LogP contribution is 2.44. The molecule has 2 aliphatic carbocycles. The summed E-state index contributed by atoms with van der Waals surface area (Å²) in [6, 6.07) is 6.57. The average molecular weight is 479 g/mol. The highest BCUT2D eigenvalue weighted by Gasteiger charge is 2.32. The number of rotatable bonds is 5. The number of nitrogens with one attached hydrogen (secondary N) is 1. The van der Waals surface area contributed by atoms with Crippen molar-refractivity contribution in [1.82, 2.24) is 4.98 Å². The molecular formula is C26H30N4OS2. The Kier molecular flexibility index (Phi) is 7.12. The zero-order valence-corrected chi connectivity index (χ0v) is 21.2. The first-order chi connectivity index (χ1) is 15.8. The third kappa shape index (κ3) is 5.26. The van der Waals surface area contributed by atoms with Gasteiger partial charge in [0.1, 0.15) is 22.2 Å². The maximum atomic E-state index is 12.7. The van der Waals surface area contributed by atoms with E-state index in [-0.39, 0.29) is 11.3 Å². The van der Waals surface area contributed by atoms with Gasteiger partial charge in [0.25, 0.3) is 0 Å². The minimum absolute atomic E-state index is 0.0959. The molecule has 2 aliphatic rings. The molecule has 5 nitrogen and oxygen atoms in total. The number of carbonyl (C=O) groups excluding carboxylic acids is 1. The fourth-order valence-corrected chi connectivity index (χ4v) is 6.98. The summed E-state index contributed by atoms with van der Waals surface area (Å²) in [5, 5.41) is 23.7. The Hall–Kier alpha value is -2.35. The quantitative estimate of drug-likeness (QED) is 0.529. The summed E-state index contributed by atoms with van der Waals surface area (Å²) in [7, 11) is 0. The van der Waals surface area contributed by atoms with E-state index in [9.17, 15) is 15.3 Å².